The van der Waals surface area contributed by atoms with E-state index < -0.39 is 18.5 Å². The van der Waals surface area contributed by atoms with E-state index in [4.69, 9.17) is 4.74 Å². The zero-order chi connectivity index (χ0) is 20.8. The molecule has 2 N–H and O–H groups in total. The van der Waals surface area contributed by atoms with E-state index in [0.717, 1.165) is 5.56 Å². The number of nitrogens with zero attached hydrogens (tertiary/aromatic N) is 1. The molecule has 0 saturated heterocycles. The van der Waals surface area contributed by atoms with Crippen LogP contribution in [0.25, 0.3) is 10.6 Å². The van der Waals surface area contributed by atoms with Gasteiger partial charge in [-0.3, -0.25) is 9.59 Å². The van der Waals surface area contributed by atoms with Gasteiger partial charge in [-0.1, -0.05) is 36.4 Å². The van der Waals surface area contributed by atoms with Gasteiger partial charge in [-0.2, -0.15) is 0 Å². The first-order valence-corrected chi connectivity index (χ1v) is 9.61. The third-order valence-corrected chi connectivity index (χ3v) is 4.99. The number of carbonyl (C=O) groups is 3. The number of aryl methyl sites for hydroxylation is 1. The van der Waals surface area contributed by atoms with Crippen molar-refractivity contribution < 1.29 is 19.1 Å². The van der Waals surface area contributed by atoms with Gasteiger partial charge < -0.3 is 15.4 Å². The van der Waals surface area contributed by atoms with Gasteiger partial charge in [0.1, 0.15) is 9.88 Å². The Bertz CT molecular complexity index is 1050. The average Bonchev–Trinajstić information content (AvgIpc) is 3.08. The highest BCUT2D eigenvalue weighted by atomic mass is 32.1. The predicted octanol–water partition coefficient (Wildman–Crippen LogP) is 3.87. The molecule has 3 rings (SSSR count). The minimum absolute atomic E-state index is 0.211. The predicted molar refractivity (Wildman–Crippen MR) is 112 cm³/mol. The van der Waals surface area contributed by atoms with Gasteiger partial charge in [0.2, 0.25) is 5.91 Å². The van der Waals surface area contributed by atoms with Crippen LogP contribution >= 0.6 is 11.3 Å². The molecule has 148 valence electrons. The fourth-order valence-corrected chi connectivity index (χ4v) is 3.53. The maximum absolute atomic E-state index is 12.4. The van der Waals surface area contributed by atoms with Crippen molar-refractivity contribution in [3.8, 4) is 10.6 Å². The van der Waals surface area contributed by atoms with Gasteiger partial charge in [0, 0.05) is 23.9 Å². The molecule has 0 fully saturated rings. The number of anilines is 2. The fraction of sp³-hybridized carbons (Fsp3) is 0.143. The van der Waals surface area contributed by atoms with E-state index in [1.807, 2.05) is 30.3 Å². The number of aromatic nitrogens is 1. The van der Waals surface area contributed by atoms with E-state index in [1.165, 1.54) is 18.3 Å². The molecule has 0 radical (unpaired) electrons. The maximum Gasteiger partial charge on any atom is 0.350 e. The monoisotopic (exact) mass is 409 g/mol. The minimum Gasteiger partial charge on any atom is -0.451 e. The molecular formula is C21H19N3O4S. The van der Waals surface area contributed by atoms with E-state index in [2.05, 4.69) is 15.6 Å². The van der Waals surface area contributed by atoms with Gasteiger partial charge >= 0.3 is 5.97 Å². The number of amides is 2. The smallest absolute Gasteiger partial charge is 0.350 e. The number of thiazole rings is 1. The lowest BCUT2D eigenvalue weighted by Gasteiger charge is -2.08. The number of esters is 1. The summed E-state index contributed by atoms with van der Waals surface area (Å²) in [4.78, 5) is 40.4. The van der Waals surface area contributed by atoms with Gasteiger partial charge in [-0.05, 0) is 25.1 Å². The lowest BCUT2D eigenvalue weighted by molar-refractivity contribution is -0.119. The zero-order valence-electron chi connectivity index (χ0n) is 15.9. The third kappa shape index (κ3) is 5.49. The Morgan fingerprint density at radius 2 is 1.69 bits per heavy atom. The minimum atomic E-state index is -0.593. The van der Waals surface area contributed by atoms with Crippen LogP contribution in [0.2, 0.25) is 0 Å². The first kappa shape index (κ1) is 20.2. The molecule has 29 heavy (non-hydrogen) atoms. The summed E-state index contributed by atoms with van der Waals surface area (Å²) in [6.45, 7) is 2.70. The highest BCUT2D eigenvalue weighted by molar-refractivity contribution is 7.17. The summed E-state index contributed by atoms with van der Waals surface area (Å²) in [7, 11) is 0. The Morgan fingerprint density at radius 3 is 2.38 bits per heavy atom. The Morgan fingerprint density at radius 1 is 1.00 bits per heavy atom. The lowest BCUT2D eigenvalue weighted by Crippen LogP contribution is -2.21. The van der Waals surface area contributed by atoms with Crippen LogP contribution in [-0.2, 0) is 14.3 Å². The Kier molecular flexibility index (Phi) is 6.36. The third-order valence-electron chi connectivity index (χ3n) is 3.80. The van der Waals surface area contributed by atoms with Crippen molar-refractivity contribution in [2.45, 2.75) is 13.8 Å². The van der Waals surface area contributed by atoms with Crippen molar-refractivity contribution in [2.75, 3.05) is 17.2 Å². The molecule has 0 aliphatic heterocycles. The molecule has 0 spiro atoms. The molecule has 3 aromatic rings. The second-order valence-electron chi connectivity index (χ2n) is 6.19. The number of hydrogen-bond donors (Lipinski definition) is 2. The highest BCUT2D eigenvalue weighted by Crippen LogP contribution is 2.28. The van der Waals surface area contributed by atoms with Crippen molar-refractivity contribution >= 4 is 40.5 Å². The second kappa shape index (κ2) is 9.11. The summed E-state index contributed by atoms with van der Waals surface area (Å²) in [5.41, 5.74) is 2.51. The number of ether oxygens (including phenoxy) is 1. The van der Waals surface area contributed by atoms with Crippen LogP contribution < -0.4 is 10.6 Å². The summed E-state index contributed by atoms with van der Waals surface area (Å²) in [6, 6.07) is 16.2. The molecule has 1 aromatic heterocycles. The molecule has 0 atom stereocenters. The summed E-state index contributed by atoms with van der Waals surface area (Å²) < 4.78 is 5.14. The Balaban J connectivity index is 1.59. The fourth-order valence-electron chi connectivity index (χ4n) is 2.56. The van der Waals surface area contributed by atoms with E-state index in [-0.39, 0.29) is 5.91 Å². The Labute approximate surface area is 171 Å². The lowest BCUT2D eigenvalue weighted by atomic mass is 10.2. The van der Waals surface area contributed by atoms with Crippen molar-refractivity contribution in [1.29, 1.82) is 0 Å². The highest BCUT2D eigenvalue weighted by Gasteiger charge is 2.18. The molecule has 8 heteroatoms. The van der Waals surface area contributed by atoms with Crippen molar-refractivity contribution in [3.63, 3.8) is 0 Å². The number of carbonyl (C=O) groups excluding carboxylic acids is 3. The van der Waals surface area contributed by atoms with Crippen LogP contribution in [0, 0.1) is 6.92 Å². The van der Waals surface area contributed by atoms with Crippen LogP contribution in [0.5, 0.6) is 0 Å². The van der Waals surface area contributed by atoms with Crippen LogP contribution in [-0.4, -0.2) is 29.4 Å². The summed E-state index contributed by atoms with van der Waals surface area (Å²) in [6.07, 6.45) is 0. The summed E-state index contributed by atoms with van der Waals surface area (Å²) >= 11 is 1.23. The van der Waals surface area contributed by atoms with Crippen molar-refractivity contribution in [1.82, 2.24) is 4.98 Å². The average molecular weight is 409 g/mol. The van der Waals surface area contributed by atoms with E-state index in [9.17, 15) is 14.4 Å². The van der Waals surface area contributed by atoms with E-state index in [1.54, 1.807) is 31.2 Å². The zero-order valence-corrected chi connectivity index (χ0v) is 16.7. The molecule has 2 aromatic carbocycles. The number of benzene rings is 2. The number of rotatable bonds is 6. The molecule has 0 aliphatic rings. The maximum atomic E-state index is 12.4. The van der Waals surface area contributed by atoms with Crippen molar-refractivity contribution in [3.05, 3.63) is 65.2 Å². The van der Waals surface area contributed by atoms with Gasteiger partial charge in [0.15, 0.2) is 6.61 Å². The topological polar surface area (TPSA) is 97.4 Å². The second-order valence-corrected chi connectivity index (χ2v) is 7.18. The van der Waals surface area contributed by atoms with Gasteiger partial charge in [0.05, 0.1) is 5.69 Å². The first-order chi connectivity index (χ1) is 13.9. The van der Waals surface area contributed by atoms with Crippen LogP contribution in [0.4, 0.5) is 11.4 Å². The number of hydrogen-bond acceptors (Lipinski definition) is 6. The SMILES string of the molecule is CC(=O)Nc1cccc(NC(=O)COC(=O)c2sc(-c3ccccc3)nc2C)c1. The Hall–Kier alpha value is -3.52. The number of nitrogens with one attached hydrogen (secondary N) is 2. The van der Waals surface area contributed by atoms with Gasteiger partial charge in [-0.15, -0.1) is 11.3 Å². The van der Waals surface area contributed by atoms with E-state index >= 15 is 0 Å². The first-order valence-electron chi connectivity index (χ1n) is 8.80. The normalized spacial score (nSPS) is 10.3. The molecular weight excluding hydrogens is 390 g/mol. The molecule has 1 heterocycles. The van der Waals surface area contributed by atoms with Crippen LogP contribution in [0.15, 0.2) is 54.6 Å². The summed E-state index contributed by atoms with van der Waals surface area (Å²) in [5.74, 6) is -1.29. The summed E-state index contributed by atoms with van der Waals surface area (Å²) in [5, 5.41) is 5.98. The molecule has 0 unspecified atom stereocenters. The molecule has 7 nitrogen and oxygen atoms in total. The van der Waals surface area contributed by atoms with Crippen LogP contribution in [0.3, 0.4) is 0 Å². The molecule has 0 aliphatic carbocycles. The van der Waals surface area contributed by atoms with Crippen molar-refractivity contribution in [2.24, 2.45) is 0 Å². The molecule has 0 bridgehead atoms. The van der Waals surface area contributed by atoms with Crippen LogP contribution in [0.1, 0.15) is 22.3 Å². The van der Waals surface area contributed by atoms with Gasteiger partial charge in [0.25, 0.3) is 5.91 Å². The standard InChI is InChI=1S/C21H19N3O4S/c1-13-19(29-20(22-13)15-7-4-3-5-8-15)21(27)28-12-18(26)24-17-10-6-9-16(11-17)23-14(2)25/h3-11H,12H2,1-2H3,(H,23,25)(H,24,26). The molecule has 0 saturated carbocycles. The molecule has 2 amide bonds. The quantitative estimate of drug-likeness (QED) is 0.602. The van der Waals surface area contributed by atoms with E-state index in [0.29, 0.717) is 27.0 Å². The van der Waals surface area contributed by atoms with Gasteiger partial charge in [-0.25, -0.2) is 9.78 Å². The largest absolute Gasteiger partial charge is 0.451 e.